The largest absolute Gasteiger partial charge is 0.425 e. The molecule has 0 amide bonds. The van der Waals surface area contributed by atoms with Gasteiger partial charge in [-0.3, -0.25) is 0 Å². The van der Waals surface area contributed by atoms with Crippen molar-refractivity contribution in [1.29, 1.82) is 0 Å². The summed E-state index contributed by atoms with van der Waals surface area (Å²) in [4.78, 5) is 0. The third-order valence-corrected chi connectivity index (χ3v) is 2.34. The van der Waals surface area contributed by atoms with Gasteiger partial charge in [0.1, 0.15) is 5.82 Å². The van der Waals surface area contributed by atoms with Gasteiger partial charge in [0.2, 0.25) is 11.8 Å². The van der Waals surface area contributed by atoms with Crippen LogP contribution < -0.4 is 5.32 Å². The number of benzene rings is 1. The highest BCUT2D eigenvalue weighted by Crippen LogP contribution is 2.10. The predicted molar refractivity (Wildman–Crippen MR) is 61.1 cm³/mol. The van der Waals surface area contributed by atoms with Crippen molar-refractivity contribution in [3.05, 3.63) is 47.4 Å². The molecule has 0 bridgehead atoms. The van der Waals surface area contributed by atoms with Gasteiger partial charge in [-0.15, -0.1) is 10.2 Å². The molecule has 1 aromatic heterocycles. The van der Waals surface area contributed by atoms with Crippen molar-refractivity contribution < 1.29 is 8.81 Å². The minimum Gasteiger partial charge on any atom is -0.425 e. The van der Waals surface area contributed by atoms with Crippen molar-refractivity contribution in [3.63, 3.8) is 0 Å². The van der Waals surface area contributed by atoms with Crippen LogP contribution >= 0.6 is 0 Å². The molecule has 0 aliphatic carbocycles. The molecule has 1 N–H and O–H groups in total. The lowest BCUT2D eigenvalue weighted by atomic mass is 10.1. The molecule has 90 valence electrons. The zero-order chi connectivity index (χ0) is 12.1. The Morgan fingerprint density at radius 2 is 2.12 bits per heavy atom. The third-order valence-electron chi connectivity index (χ3n) is 2.34. The first-order valence-corrected chi connectivity index (χ1v) is 5.48. The summed E-state index contributed by atoms with van der Waals surface area (Å²) in [6, 6.07) is 6.39. The van der Waals surface area contributed by atoms with Crippen LogP contribution in [-0.2, 0) is 12.8 Å². The summed E-state index contributed by atoms with van der Waals surface area (Å²) in [5, 5.41) is 10.9. The first-order valence-electron chi connectivity index (χ1n) is 5.48. The van der Waals surface area contributed by atoms with Crippen molar-refractivity contribution in [3.8, 4) is 0 Å². The first-order chi connectivity index (χ1) is 8.28. The quantitative estimate of drug-likeness (QED) is 0.854. The maximum absolute atomic E-state index is 13.0. The molecule has 2 rings (SSSR count). The highest BCUT2D eigenvalue weighted by atomic mass is 19.1. The molecule has 5 heteroatoms. The maximum atomic E-state index is 13.0. The molecule has 1 heterocycles. The second kappa shape index (κ2) is 5.54. The zero-order valence-electron chi connectivity index (χ0n) is 9.61. The number of aromatic nitrogens is 2. The molecular weight excluding hydrogens is 221 g/mol. The Balaban J connectivity index is 2.01. The average molecular weight is 235 g/mol. The summed E-state index contributed by atoms with van der Waals surface area (Å²) >= 11 is 0. The number of rotatable bonds is 5. The minimum atomic E-state index is -0.252. The van der Waals surface area contributed by atoms with Crippen molar-refractivity contribution >= 4 is 0 Å². The number of hydrogen-bond donors (Lipinski definition) is 1. The number of nitrogens with one attached hydrogen (secondary N) is 1. The molecule has 0 aliphatic rings. The van der Waals surface area contributed by atoms with E-state index in [4.69, 9.17) is 4.42 Å². The molecule has 4 nitrogen and oxygen atoms in total. The van der Waals surface area contributed by atoms with Crippen molar-refractivity contribution in [2.75, 3.05) is 13.6 Å². The van der Waals surface area contributed by atoms with E-state index >= 15 is 0 Å². The van der Waals surface area contributed by atoms with E-state index in [1.165, 1.54) is 12.1 Å². The van der Waals surface area contributed by atoms with E-state index in [9.17, 15) is 4.39 Å². The Bertz CT molecular complexity index is 484. The smallest absolute Gasteiger partial charge is 0.220 e. The Kier molecular flexibility index (Phi) is 3.82. The van der Waals surface area contributed by atoms with Gasteiger partial charge >= 0.3 is 0 Å². The van der Waals surface area contributed by atoms with E-state index in [1.807, 2.05) is 13.1 Å². The van der Waals surface area contributed by atoms with Crippen LogP contribution in [0, 0.1) is 5.82 Å². The molecule has 0 atom stereocenters. The first kappa shape index (κ1) is 11.7. The highest BCUT2D eigenvalue weighted by Gasteiger charge is 2.06. The van der Waals surface area contributed by atoms with Crippen LogP contribution in [0.4, 0.5) is 4.39 Å². The van der Waals surface area contributed by atoms with Crippen LogP contribution in [0.3, 0.4) is 0 Å². The van der Waals surface area contributed by atoms with Gasteiger partial charge < -0.3 is 9.73 Å². The second-order valence-electron chi connectivity index (χ2n) is 3.75. The summed E-state index contributed by atoms with van der Waals surface area (Å²) < 4.78 is 18.4. The fourth-order valence-electron chi connectivity index (χ4n) is 1.51. The maximum Gasteiger partial charge on any atom is 0.220 e. The van der Waals surface area contributed by atoms with Gasteiger partial charge in [0, 0.05) is 13.0 Å². The molecule has 2 aromatic rings. The normalized spacial score (nSPS) is 10.7. The van der Waals surface area contributed by atoms with E-state index in [2.05, 4.69) is 15.5 Å². The summed E-state index contributed by atoms with van der Waals surface area (Å²) in [5.74, 6) is 0.866. The van der Waals surface area contributed by atoms with E-state index in [1.54, 1.807) is 6.07 Å². The van der Waals surface area contributed by atoms with E-state index in [0.29, 0.717) is 24.6 Å². The standard InChI is InChI=1S/C12H14FN3O/c1-14-6-5-11-15-16-12(17-11)8-9-3-2-4-10(13)7-9/h2-4,7,14H,5-6,8H2,1H3. The Morgan fingerprint density at radius 1 is 1.29 bits per heavy atom. The molecule has 0 saturated carbocycles. The van der Waals surface area contributed by atoms with Crippen LogP contribution in [-0.4, -0.2) is 23.8 Å². The average Bonchev–Trinajstić information content (AvgIpc) is 2.74. The lowest BCUT2D eigenvalue weighted by Gasteiger charge is -1.96. The molecule has 0 unspecified atom stereocenters. The number of halogens is 1. The zero-order valence-corrected chi connectivity index (χ0v) is 9.61. The second-order valence-corrected chi connectivity index (χ2v) is 3.75. The lowest BCUT2D eigenvalue weighted by molar-refractivity contribution is 0.454. The summed E-state index contributed by atoms with van der Waals surface area (Å²) in [5.41, 5.74) is 0.828. The van der Waals surface area contributed by atoms with Crippen molar-refractivity contribution in [2.24, 2.45) is 0 Å². The van der Waals surface area contributed by atoms with Gasteiger partial charge in [0.15, 0.2) is 0 Å². The van der Waals surface area contributed by atoms with Crippen LogP contribution in [0.1, 0.15) is 17.3 Å². The molecule has 0 radical (unpaired) electrons. The topological polar surface area (TPSA) is 51.0 Å². The Hall–Kier alpha value is -1.75. The van der Waals surface area contributed by atoms with Gasteiger partial charge in [-0.25, -0.2) is 4.39 Å². The molecular formula is C12H14FN3O. The van der Waals surface area contributed by atoms with E-state index in [-0.39, 0.29) is 5.82 Å². The Morgan fingerprint density at radius 3 is 2.88 bits per heavy atom. The molecule has 17 heavy (non-hydrogen) atoms. The van der Waals surface area contributed by atoms with Gasteiger partial charge in [-0.05, 0) is 24.7 Å². The van der Waals surface area contributed by atoms with Crippen LogP contribution in [0.5, 0.6) is 0 Å². The predicted octanol–water partition coefficient (Wildman–Crippen LogP) is 1.56. The number of hydrogen-bond acceptors (Lipinski definition) is 4. The van der Waals surface area contributed by atoms with E-state index < -0.39 is 0 Å². The van der Waals surface area contributed by atoms with Gasteiger partial charge in [-0.1, -0.05) is 12.1 Å². The summed E-state index contributed by atoms with van der Waals surface area (Å²) in [6.07, 6.45) is 1.16. The molecule has 0 saturated heterocycles. The van der Waals surface area contributed by atoms with Crippen molar-refractivity contribution in [2.45, 2.75) is 12.8 Å². The summed E-state index contributed by atoms with van der Waals surface area (Å²) in [6.45, 7) is 0.793. The van der Waals surface area contributed by atoms with Crippen molar-refractivity contribution in [1.82, 2.24) is 15.5 Å². The molecule has 0 aliphatic heterocycles. The SMILES string of the molecule is CNCCc1nnc(Cc2cccc(F)c2)o1. The van der Waals surface area contributed by atoms with Gasteiger partial charge in [-0.2, -0.15) is 0 Å². The van der Waals surface area contributed by atoms with Crippen LogP contribution in [0.2, 0.25) is 0 Å². The number of likely N-dealkylation sites (N-methyl/N-ethyl adjacent to an activating group) is 1. The lowest BCUT2D eigenvalue weighted by Crippen LogP contribution is -2.10. The highest BCUT2D eigenvalue weighted by molar-refractivity contribution is 5.19. The van der Waals surface area contributed by atoms with Crippen LogP contribution in [0.25, 0.3) is 0 Å². The fourth-order valence-corrected chi connectivity index (χ4v) is 1.51. The minimum absolute atomic E-state index is 0.252. The van der Waals surface area contributed by atoms with E-state index in [0.717, 1.165) is 12.1 Å². The molecule has 0 fully saturated rings. The third kappa shape index (κ3) is 3.35. The summed E-state index contributed by atoms with van der Waals surface area (Å²) in [7, 11) is 1.87. The molecule has 0 spiro atoms. The monoisotopic (exact) mass is 235 g/mol. The molecule has 1 aromatic carbocycles. The number of nitrogens with zero attached hydrogens (tertiary/aromatic N) is 2. The Labute approximate surface area is 98.9 Å². The van der Waals surface area contributed by atoms with Crippen LogP contribution in [0.15, 0.2) is 28.7 Å². The fraction of sp³-hybridized carbons (Fsp3) is 0.333. The van der Waals surface area contributed by atoms with Gasteiger partial charge in [0.05, 0.1) is 6.42 Å². The van der Waals surface area contributed by atoms with Gasteiger partial charge in [0.25, 0.3) is 0 Å².